The highest BCUT2D eigenvalue weighted by atomic mass is 35.5. The molecule has 1 N–H and O–H groups in total. The fourth-order valence-electron chi connectivity index (χ4n) is 1.42. The molecule has 0 aromatic heterocycles. The van der Waals surface area contributed by atoms with Gasteiger partial charge in [0.1, 0.15) is 0 Å². The number of benzene rings is 2. The van der Waals surface area contributed by atoms with Crippen LogP contribution in [-0.4, -0.2) is 5.11 Å². The van der Waals surface area contributed by atoms with Gasteiger partial charge in [0.25, 0.3) is 0 Å². The van der Waals surface area contributed by atoms with Gasteiger partial charge in [-0.15, -0.1) is 11.6 Å². The number of hydrogen-bond donors (Lipinski definition) is 1. The second-order valence-corrected chi connectivity index (χ2v) is 6.76. The van der Waals surface area contributed by atoms with Crippen LogP contribution < -0.4 is 0 Å². The molecule has 0 bridgehead atoms. The summed E-state index contributed by atoms with van der Waals surface area (Å²) in [5, 5.41) is 11.6. The number of halogens is 7. The Morgan fingerprint density at radius 2 is 0.955 bits per heavy atom. The van der Waals surface area contributed by atoms with E-state index in [1.807, 2.05) is 0 Å². The van der Waals surface area contributed by atoms with Gasteiger partial charge in [-0.1, -0.05) is 69.6 Å². The second kappa shape index (κ2) is 9.66. The standard InChI is InChI=1S/C7H4Cl4.C7H5Cl3O/c8-3-5-6(10)1-4(9)2-7(5)11;8-4-1-6(9)5(3-11)7(10)2-4/h1-2H,3H2;1-2,11H,3H2. The first-order valence-electron chi connectivity index (χ1n) is 5.73. The van der Waals surface area contributed by atoms with Crippen molar-refractivity contribution in [3.63, 3.8) is 0 Å². The van der Waals surface area contributed by atoms with Gasteiger partial charge < -0.3 is 5.11 Å². The predicted molar refractivity (Wildman–Crippen MR) is 98.4 cm³/mol. The predicted octanol–water partition coefficient (Wildman–Crippen LogP) is 7.52. The first kappa shape index (κ1) is 20.5. The molecule has 1 nitrogen and oxygen atoms in total. The van der Waals surface area contributed by atoms with Crippen LogP contribution >= 0.6 is 81.2 Å². The summed E-state index contributed by atoms with van der Waals surface area (Å²) < 4.78 is 0. The minimum Gasteiger partial charge on any atom is -0.392 e. The number of aliphatic hydroxyl groups is 1. The zero-order valence-electron chi connectivity index (χ0n) is 10.8. The van der Waals surface area contributed by atoms with E-state index >= 15 is 0 Å². The highest BCUT2D eigenvalue weighted by Gasteiger charge is 2.06. The van der Waals surface area contributed by atoms with Crippen molar-refractivity contribution in [2.75, 3.05) is 0 Å². The summed E-state index contributed by atoms with van der Waals surface area (Å²) in [5.41, 5.74) is 1.23. The summed E-state index contributed by atoms with van der Waals surface area (Å²) in [6.07, 6.45) is 0. The molecule has 22 heavy (non-hydrogen) atoms. The average molecular weight is 441 g/mol. The first-order chi connectivity index (χ1) is 10.3. The van der Waals surface area contributed by atoms with Crippen molar-refractivity contribution < 1.29 is 5.11 Å². The van der Waals surface area contributed by atoms with Crippen molar-refractivity contribution in [1.82, 2.24) is 0 Å². The third-order valence-electron chi connectivity index (χ3n) is 2.50. The van der Waals surface area contributed by atoms with E-state index in [1.54, 1.807) is 24.3 Å². The van der Waals surface area contributed by atoms with Gasteiger partial charge in [0.15, 0.2) is 0 Å². The van der Waals surface area contributed by atoms with Crippen LogP contribution in [0.25, 0.3) is 0 Å². The highest BCUT2D eigenvalue weighted by Crippen LogP contribution is 2.30. The molecule has 8 heteroatoms. The monoisotopic (exact) mass is 438 g/mol. The summed E-state index contributed by atoms with van der Waals surface area (Å²) in [5.74, 6) is 0.300. The van der Waals surface area contributed by atoms with Crippen molar-refractivity contribution in [1.29, 1.82) is 0 Å². The Morgan fingerprint density at radius 1 is 0.636 bits per heavy atom. The van der Waals surface area contributed by atoms with E-state index in [2.05, 4.69) is 0 Å². The Bertz CT molecular complexity index is 554. The van der Waals surface area contributed by atoms with Gasteiger partial charge in [0, 0.05) is 41.3 Å². The van der Waals surface area contributed by atoms with Crippen molar-refractivity contribution in [2.24, 2.45) is 0 Å². The van der Waals surface area contributed by atoms with E-state index in [0.717, 1.165) is 5.56 Å². The molecule has 0 unspecified atom stereocenters. The number of hydrogen-bond acceptors (Lipinski definition) is 1. The summed E-state index contributed by atoms with van der Waals surface area (Å²) in [6, 6.07) is 6.32. The third kappa shape index (κ3) is 5.81. The quantitative estimate of drug-likeness (QED) is 0.478. The Morgan fingerprint density at radius 3 is 1.23 bits per heavy atom. The van der Waals surface area contributed by atoms with Crippen LogP contribution in [0.3, 0.4) is 0 Å². The Kier molecular flexibility index (Phi) is 8.99. The highest BCUT2D eigenvalue weighted by molar-refractivity contribution is 6.40. The Balaban J connectivity index is 0.000000220. The summed E-state index contributed by atoms with van der Waals surface area (Å²) in [7, 11) is 0. The maximum atomic E-state index is 8.78. The van der Waals surface area contributed by atoms with Gasteiger partial charge in [-0.2, -0.15) is 0 Å². The maximum absolute atomic E-state index is 8.78. The number of alkyl halides is 1. The lowest BCUT2D eigenvalue weighted by Crippen LogP contribution is -1.86. The molecule has 0 saturated heterocycles. The average Bonchev–Trinajstić information content (AvgIpc) is 2.38. The van der Waals surface area contributed by atoms with Gasteiger partial charge >= 0.3 is 0 Å². The second-order valence-electron chi connectivity index (χ2n) is 3.99. The van der Waals surface area contributed by atoms with E-state index in [4.69, 9.17) is 86.3 Å². The van der Waals surface area contributed by atoms with Crippen LogP contribution in [0.2, 0.25) is 30.1 Å². The van der Waals surface area contributed by atoms with Gasteiger partial charge in [-0.25, -0.2) is 0 Å². The molecule has 0 aliphatic heterocycles. The van der Waals surface area contributed by atoms with Crippen LogP contribution in [0.15, 0.2) is 24.3 Å². The van der Waals surface area contributed by atoms with E-state index in [-0.39, 0.29) is 6.61 Å². The molecule has 0 spiro atoms. The van der Waals surface area contributed by atoms with Gasteiger partial charge in [0.05, 0.1) is 12.5 Å². The topological polar surface area (TPSA) is 20.2 Å². The molecule has 0 radical (unpaired) electrons. The fraction of sp³-hybridized carbons (Fsp3) is 0.143. The summed E-state index contributed by atoms with van der Waals surface area (Å²) in [6.45, 7) is -0.172. The SMILES string of the molecule is ClCc1c(Cl)cc(Cl)cc1Cl.OCc1c(Cl)cc(Cl)cc1Cl. The lowest BCUT2D eigenvalue weighted by Gasteiger charge is -2.02. The molecule has 2 aromatic rings. The van der Waals surface area contributed by atoms with Crippen LogP contribution in [0.1, 0.15) is 11.1 Å². The molecule has 0 amide bonds. The molecular weight excluding hydrogens is 432 g/mol. The molecule has 2 rings (SSSR count). The largest absolute Gasteiger partial charge is 0.392 e. The van der Waals surface area contributed by atoms with Crippen LogP contribution in [0.4, 0.5) is 0 Å². The van der Waals surface area contributed by atoms with Crippen LogP contribution in [-0.2, 0) is 12.5 Å². The lowest BCUT2D eigenvalue weighted by molar-refractivity contribution is 0.282. The van der Waals surface area contributed by atoms with Crippen molar-refractivity contribution in [2.45, 2.75) is 12.5 Å². The molecule has 0 atom stereocenters. The summed E-state index contributed by atoms with van der Waals surface area (Å²) in [4.78, 5) is 0. The molecular formula is C14H9Cl7O. The van der Waals surface area contributed by atoms with Crippen LogP contribution in [0, 0.1) is 0 Å². The molecule has 120 valence electrons. The van der Waals surface area contributed by atoms with Crippen LogP contribution in [0.5, 0.6) is 0 Å². The van der Waals surface area contributed by atoms with Gasteiger partial charge in [0.2, 0.25) is 0 Å². The molecule has 0 aliphatic carbocycles. The van der Waals surface area contributed by atoms with Gasteiger partial charge in [-0.3, -0.25) is 0 Å². The zero-order chi connectivity index (χ0) is 16.9. The number of rotatable bonds is 2. The maximum Gasteiger partial charge on any atom is 0.0711 e. The fourth-order valence-corrected chi connectivity index (χ4v) is 3.73. The minimum absolute atomic E-state index is 0.172. The van der Waals surface area contributed by atoms with Gasteiger partial charge in [-0.05, 0) is 24.3 Å². The van der Waals surface area contributed by atoms with E-state index in [1.165, 1.54) is 0 Å². The Labute approximate surface area is 163 Å². The minimum atomic E-state index is -0.172. The van der Waals surface area contributed by atoms with Crippen molar-refractivity contribution >= 4 is 81.2 Å². The molecule has 0 heterocycles. The zero-order valence-corrected chi connectivity index (χ0v) is 16.1. The molecule has 0 aliphatic rings. The normalized spacial score (nSPS) is 10.2. The van der Waals surface area contributed by atoms with Crippen molar-refractivity contribution in [3.8, 4) is 0 Å². The molecule has 2 aromatic carbocycles. The summed E-state index contributed by atoms with van der Waals surface area (Å²) >= 11 is 39.8. The van der Waals surface area contributed by atoms with E-state index < -0.39 is 0 Å². The van der Waals surface area contributed by atoms with Crippen molar-refractivity contribution in [3.05, 3.63) is 65.5 Å². The third-order valence-corrected chi connectivity index (χ3v) is 4.56. The van der Waals surface area contributed by atoms with E-state index in [0.29, 0.717) is 41.6 Å². The molecule has 0 fully saturated rings. The first-order valence-corrected chi connectivity index (χ1v) is 8.54. The Hall–Kier alpha value is 0.430. The van der Waals surface area contributed by atoms with E-state index in [9.17, 15) is 0 Å². The number of aliphatic hydroxyl groups excluding tert-OH is 1. The lowest BCUT2D eigenvalue weighted by atomic mass is 10.2. The molecule has 0 saturated carbocycles. The smallest absolute Gasteiger partial charge is 0.0711 e.